The van der Waals surface area contributed by atoms with E-state index in [4.69, 9.17) is 10.2 Å². The van der Waals surface area contributed by atoms with Crippen LogP contribution in [0.1, 0.15) is 0 Å². The smallest absolute Gasteiger partial charge is 0.292 e. The van der Waals surface area contributed by atoms with Gasteiger partial charge in [-0.05, 0) is 12.1 Å². The van der Waals surface area contributed by atoms with Gasteiger partial charge in [0.15, 0.2) is 0 Å². The molecular weight excluding hydrogens is 204 g/mol. The number of aryl methyl sites for hydroxylation is 1. The molecule has 0 amide bonds. The van der Waals surface area contributed by atoms with Crippen molar-refractivity contribution in [3.63, 3.8) is 0 Å². The van der Waals surface area contributed by atoms with Crippen LogP contribution < -0.4 is 5.73 Å². The summed E-state index contributed by atoms with van der Waals surface area (Å²) in [5.74, 6) is 0. The Morgan fingerprint density at radius 1 is 1.38 bits per heavy atom. The largest absolute Gasteiger partial charge is 0.432 e. The molecule has 80 valence electrons. The van der Waals surface area contributed by atoms with Crippen molar-refractivity contribution in [2.75, 3.05) is 5.73 Å². The topological polar surface area (TPSA) is 69.9 Å². The number of benzene rings is 1. The first-order valence-corrected chi connectivity index (χ1v) is 4.86. The number of nitrogens with zero attached hydrogens (tertiary/aromatic N) is 3. The summed E-state index contributed by atoms with van der Waals surface area (Å²) in [4.78, 5) is 8.36. The molecule has 0 atom stereocenters. The van der Waals surface area contributed by atoms with Crippen molar-refractivity contribution in [1.82, 2.24) is 14.5 Å². The van der Waals surface area contributed by atoms with Crippen LogP contribution in [0.3, 0.4) is 0 Å². The van der Waals surface area contributed by atoms with Gasteiger partial charge >= 0.3 is 0 Å². The highest BCUT2D eigenvalue weighted by Gasteiger charge is 2.06. The van der Waals surface area contributed by atoms with E-state index in [2.05, 4.69) is 9.97 Å². The lowest BCUT2D eigenvalue weighted by Gasteiger charge is -1.97. The number of aromatic nitrogens is 3. The molecule has 5 nitrogen and oxygen atoms in total. The molecular formula is C11H10N4O. The van der Waals surface area contributed by atoms with Crippen LogP contribution in [0.2, 0.25) is 0 Å². The maximum Gasteiger partial charge on any atom is 0.292 e. The van der Waals surface area contributed by atoms with Crippen LogP contribution in [0.4, 0.5) is 6.01 Å². The van der Waals surface area contributed by atoms with E-state index < -0.39 is 0 Å². The predicted octanol–water partition coefficient (Wildman–Crippen LogP) is 1.81. The van der Waals surface area contributed by atoms with Gasteiger partial charge < -0.3 is 14.7 Å². The zero-order valence-corrected chi connectivity index (χ0v) is 8.71. The average molecular weight is 214 g/mol. The maximum atomic E-state index is 5.44. The summed E-state index contributed by atoms with van der Waals surface area (Å²) in [5, 5.41) is 0. The number of nitrogens with two attached hydrogens (primary N) is 1. The van der Waals surface area contributed by atoms with E-state index in [-0.39, 0.29) is 6.01 Å². The average Bonchev–Trinajstić information content (AvgIpc) is 2.86. The molecule has 0 saturated carbocycles. The lowest BCUT2D eigenvalue weighted by Crippen LogP contribution is -1.85. The number of oxazole rings is 1. The zero-order valence-electron chi connectivity index (χ0n) is 8.71. The van der Waals surface area contributed by atoms with E-state index in [0.717, 1.165) is 22.3 Å². The van der Waals surface area contributed by atoms with Gasteiger partial charge in [0.25, 0.3) is 6.01 Å². The van der Waals surface area contributed by atoms with Crippen molar-refractivity contribution in [2.24, 2.45) is 7.05 Å². The van der Waals surface area contributed by atoms with Gasteiger partial charge in [-0.2, -0.15) is 4.98 Å². The van der Waals surface area contributed by atoms with Gasteiger partial charge in [0.2, 0.25) is 0 Å². The van der Waals surface area contributed by atoms with Crippen LogP contribution in [0.25, 0.3) is 22.3 Å². The van der Waals surface area contributed by atoms with Gasteiger partial charge in [0.1, 0.15) is 12.0 Å². The summed E-state index contributed by atoms with van der Waals surface area (Å²) >= 11 is 0. The van der Waals surface area contributed by atoms with Gasteiger partial charge in [-0.15, -0.1) is 0 Å². The fourth-order valence-corrected chi connectivity index (χ4v) is 1.72. The Labute approximate surface area is 91.5 Å². The first kappa shape index (κ1) is 8.96. The summed E-state index contributed by atoms with van der Waals surface area (Å²) in [7, 11) is 1.96. The van der Waals surface area contributed by atoms with Crippen molar-refractivity contribution >= 4 is 17.0 Å². The SMILES string of the molecule is Cn1cnc2cc(-c3coc(N)n3)ccc21. The van der Waals surface area contributed by atoms with Crippen LogP contribution in [0, 0.1) is 0 Å². The number of nitrogen functional groups attached to an aromatic ring is 1. The lowest BCUT2D eigenvalue weighted by atomic mass is 10.1. The number of imidazole rings is 1. The highest BCUT2D eigenvalue weighted by Crippen LogP contribution is 2.23. The molecule has 0 bridgehead atoms. The summed E-state index contributed by atoms with van der Waals surface area (Å²) in [5.41, 5.74) is 9.13. The molecule has 0 aliphatic heterocycles. The summed E-state index contributed by atoms with van der Waals surface area (Å²) in [6, 6.07) is 6.12. The molecule has 0 unspecified atom stereocenters. The monoisotopic (exact) mass is 214 g/mol. The lowest BCUT2D eigenvalue weighted by molar-refractivity contribution is 0.581. The summed E-state index contributed by atoms with van der Waals surface area (Å²) in [6.45, 7) is 0. The third kappa shape index (κ3) is 1.25. The molecule has 5 heteroatoms. The molecule has 3 aromatic rings. The fourth-order valence-electron chi connectivity index (χ4n) is 1.72. The Morgan fingerprint density at radius 3 is 3.00 bits per heavy atom. The van der Waals surface area contributed by atoms with Crippen LogP contribution in [0.5, 0.6) is 0 Å². The molecule has 0 saturated heterocycles. The van der Waals surface area contributed by atoms with E-state index >= 15 is 0 Å². The highest BCUT2D eigenvalue weighted by atomic mass is 16.4. The van der Waals surface area contributed by atoms with Crippen molar-refractivity contribution in [1.29, 1.82) is 0 Å². The molecule has 2 N–H and O–H groups in total. The Balaban J connectivity index is 2.18. The maximum absolute atomic E-state index is 5.44. The third-order valence-electron chi connectivity index (χ3n) is 2.54. The number of rotatable bonds is 1. The minimum Gasteiger partial charge on any atom is -0.432 e. The molecule has 0 aliphatic carbocycles. The molecule has 0 spiro atoms. The molecule has 2 aromatic heterocycles. The quantitative estimate of drug-likeness (QED) is 0.670. The Hall–Kier alpha value is -2.30. The predicted molar refractivity (Wildman–Crippen MR) is 60.6 cm³/mol. The van der Waals surface area contributed by atoms with Crippen LogP contribution in [-0.2, 0) is 7.05 Å². The van der Waals surface area contributed by atoms with Crippen molar-refractivity contribution < 1.29 is 4.42 Å². The second-order valence-electron chi connectivity index (χ2n) is 3.63. The molecule has 0 radical (unpaired) electrons. The third-order valence-corrected chi connectivity index (χ3v) is 2.54. The summed E-state index contributed by atoms with van der Waals surface area (Å²) in [6.07, 6.45) is 3.32. The minimum absolute atomic E-state index is 0.177. The minimum atomic E-state index is 0.177. The van der Waals surface area contributed by atoms with Gasteiger partial charge in [0.05, 0.1) is 17.4 Å². The molecule has 0 fully saturated rings. The van der Waals surface area contributed by atoms with Crippen molar-refractivity contribution in [2.45, 2.75) is 0 Å². The molecule has 2 heterocycles. The second kappa shape index (κ2) is 3.10. The van der Waals surface area contributed by atoms with E-state index in [1.54, 1.807) is 12.6 Å². The molecule has 0 aliphatic rings. The number of hydrogen-bond acceptors (Lipinski definition) is 4. The fraction of sp³-hybridized carbons (Fsp3) is 0.0909. The van der Waals surface area contributed by atoms with Crippen molar-refractivity contribution in [3.05, 3.63) is 30.8 Å². The number of anilines is 1. The molecule has 3 rings (SSSR count). The highest BCUT2D eigenvalue weighted by molar-refractivity contribution is 5.81. The number of hydrogen-bond donors (Lipinski definition) is 1. The zero-order chi connectivity index (χ0) is 11.1. The van der Waals surface area contributed by atoms with E-state index in [0.29, 0.717) is 0 Å². The van der Waals surface area contributed by atoms with Gasteiger partial charge in [-0.3, -0.25) is 0 Å². The Morgan fingerprint density at radius 2 is 2.25 bits per heavy atom. The van der Waals surface area contributed by atoms with Gasteiger partial charge in [0, 0.05) is 12.6 Å². The first-order valence-electron chi connectivity index (χ1n) is 4.86. The standard InChI is InChI=1S/C11H10N4O/c1-15-6-13-8-4-7(2-3-10(8)15)9-5-16-11(12)14-9/h2-6H,1H3,(H2,12,14). The van der Waals surface area contributed by atoms with E-state index in [1.807, 2.05) is 29.8 Å². The summed E-state index contributed by atoms with van der Waals surface area (Å²) < 4.78 is 6.95. The van der Waals surface area contributed by atoms with Crippen LogP contribution >= 0.6 is 0 Å². The Bertz CT molecular complexity index is 653. The number of fused-ring (bicyclic) bond motifs is 1. The second-order valence-corrected chi connectivity index (χ2v) is 3.63. The van der Waals surface area contributed by atoms with Gasteiger partial charge in [-0.25, -0.2) is 4.98 Å². The molecule has 1 aromatic carbocycles. The van der Waals surface area contributed by atoms with Crippen LogP contribution in [-0.4, -0.2) is 14.5 Å². The van der Waals surface area contributed by atoms with E-state index in [9.17, 15) is 0 Å². The van der Waals surface area contributed by atoms with E-state index in [1.165, 1.54) is 0 Å². The van der Waals surface area contributed by atoms with Crippen LogP contribution in [0.15, 0.2) is 35.2 Å². The van der Waals surface area contributed by atoms with Gasteiger partial charge in [-0.1, -0.05) is 6.07 Å². The first-order chi connectivity index (χ1) is 7.74. The normalized spacial score (nSPS) is 11.1. The van der Waals surface area contributed by atoms with Crippen molar-refractivity contribution in [3.8, 4) is 11.3 Å². The Kier molecular flexibility index (Phi) is 1.73. The molecule has 16 heavy (non-hydrogen) atoms.